The molecular formula is C19H27NO4. The number of benzene rings is 1. The van der Waals surface area contributed by atoms with Crippen LogP contribution in [0.25, 0.3) is 0 Å². The van der Waals surface area contributed by atoms with Crippen molar-refractivity contribution in [1.82, 2.24) is 5.32 Å². The predicted octanol–water partition coefficient (Wildman–Crippen LogP) is 2.80. The lowest BCUT2D eigenvalue weighted by molar-refractivity contribution is -0.148. The van der Waals surface area contributed by atoms with Crippen LogP contribution >= 0.6 is 0 Å². The fourth-order valence-electron chi connectivity index (χ4n) is 2.01. The van der Waals surface area contributed by atoms with E-state index in [0.717, 1.165) is 11.1 Å². The number of esters is 1. The minimum absolute atomic E-state index is 0.0337. The molecule has 0 saturated heterocycles. The zero-order valence-electron chi connectivity index (χ0n) is 14.9. The van der Waals surface area contributed by atoms with Crippen molar-refractivity contribution < 1.29 is 19.1 Å². The summed E-state index contributed by atoms with van der Waals surface area (Å²) in [6.45, 7) is 7.73. The second-order valence-corrected chi connectivity index (χ2v) is 6.43. The Balaban J connectivity index is 2.35. The van der Waals surface area contributed by atoms with Crippen LogP contribution in [0, 0.1) is 5.92 Å². The predicted molar refractivity (Wildman–Crippen MR) is 92.3 cm³/mol. The van der Waals surface area contributed by atoms with Gasteiger partial charge in [0.2, 0.25) is 5.91 Å². The summed E-state index contributed by atoms with van der Waals surface area (Å²) >= 11 is 0. The lowest BCUT2D eigenvalue weighted by atomic mass is 10.0. The van der Waals surface area contributed by atoms with E-state index < -0.39 is 0 Å². The molecule has 0 aromatic heterocycles. The maximum Gasteiger partial charge on any atom is 0.306 e. The van der Waals surface area contributed by atoms with Gasteiger partial charge < -0.3 is 10.1 Å². The van der Waals surface area contributed by atoms with E-state index >= 15 is 0 Å². The summed E-state index contributed by atoms with van der Waals surface area (Å²) in [6, 6.07) is 7.61. The number of ketones is 1. The van der Waals surface area contributed by atoms with Crippen LogP contribution in [0.2, 0.25) is 0 Å². The molecule has 1 rings (SSSR count). The fraction of sp³-hybridized carbons (Fsp3) is 0.526. The molecule has 1 amide bonds. The molecule has 0 atom stereocenters. The van der Waals surface area contributed by atoms with Gasteiger partial charge in [0.05, 0.1) is 12.5 Å². The van der Waals surface area contributed by atoms with Crippen molar-refractivity contribution in [2.45, 2.75) is 59.6 Å². The Morgan fingerprint density at radius 2 is 1.54 bits per heavy atom. The molecule has 0 heterocycles. The first kappa shape index (κ1) is 19.9. The third kappa shape index (κ3) is 7.90. The zero-order valence-corrected chi connectivity index (χ0v) is 14.9. The SMILES string of the molecule is CC(C)OC(=O)CCC(=O)NCc1ccc(CC(=O)C(C)C)cc1. The van der Waals surface area contributed by atoms with Crippen molar-refractivity contribution in [2.24, 2.45) is 5.92 Å². The fourth-order valence-corrected chi connectivity index (χ4v) is 2.01. The average Bonchev–Trinajstić information content (AvgIpc) is 2.51. The third-order valence-electron chi connectivity index (χ3n) is 3.46. The quantitative estimate of drug-likeness (QED) is 0.705. The van der Waals surface area contributed by atoms with Crippen LogP contribution < -0.4 is 5.32 Å². The molecule has 5 nitrogen and oxygen atoms in total. The van der Waals surface area contributed by atoms with Gasteiger partial charge in [0, 0.05) is 25.3 Å². The molecule has 0 saturated carbocycles. The number of hydrogen-bond acceptors (Lipinski definition) is 4. The second-order valence-electron chi connectivity index (χ2n) is 6.43. The monoisotopic (exact) mass is 333 g/mol. The van der Waals surface area contributed by atoms with E-state index in [-0.39, 0.29) is 42.5 Å². The molecule has 1 N–H and O–H groups in total. The van der Waals surface area contributed by atoms with Crippen molar-refractivity contribution in [3.05, 3.63) is 35.4 Å². The summed E-state index contributed by atoms with van der Waals surface area (Å²) in [4.78, 5) is 34.8. The molecular weight excluding hydrogens is 306 g/mol. The van der Waals surface area contributed by atoms with E-state index in [2.05, 4.69) is 5.32 Å². The Morgan fingerprint density at radius 3 is 2.08 bits per heavy atom. The van der Waals surface area contributed by atoms with Crippen LogP contribution in [-0.2, 0) is 32.1 Å². The molecule has 1 aromatic carbocycles. The van der Waals surface area contributed by atoms with E-state index in [1.165, 1.54) is 0 Å². The number of nitrogens with one attached hydrogen (secondary N) is 1. The largest absolute Gasteiger partial charge is 0.463 e. The van der Waals surface area contributed by atoms with Gasteiger partial charge in [-0.25, -0.2) is 0 Å². The van der Waals surface area contributed by atoms with Gasteiger partial charge in [0.25, 0.3) is 0 Å². The number of ether oxygens (including phenoxy) is 1. The molecule has 0 bridgehead atoms. The first-order chi connectivity index (χ1) is 11.3. The number of Topliss-reactive ketones (excluding diaryl/α,β-unsaturated/α-hetero) is 1. The van der Waals surface area contributed by atoms with Crippen LogP contribution in [0.15, 0.2) is 24.3 Å². The number of carbonyl (C=O) groups is 3. The molecule has 0 unspecified atom stereocenters. The third-order valence-corrected chi connectivity index (χ3v) is 3.46. The standard InChI is InChI=1S/C19H27NO4/c1-13(2)17(21)11-15-5-7-16(8-6-15)12-20-18(22)9-10-19(23)24-14(3)4/h5-8,13-14H,9-12H2,1-4H3,(H,20,22). The summed E-state index contributed by atoms with van der Waals surface area (Å²) in [5.74, 6) is -0.301. The molecule has 5 heteroatoms. The smallest absolute Gasteiger partial charge is 0.306 e. The van der Waals surface area contributed by atoms with Crippen molar-refractivity contribution in [3.8, 4) is 0 Å². The molecule has 0 spiro atoms. The Bertz CT molecular complexity index is 561. The Labute approximate surface area is 143 Å². The minimum Gasteiger partial charge on any atom is -0.463 e. The van der Waals surface area contributed by atoms with Crippen LogP contribution in [0.1, 0.15) is 51.7 Å². The molecule has 0 fully saturated rings. The number of hydrogen-bond donors (Lipinski definition) is 1. The van der Waals surface area contributed by atoms with Gasteiger partial charge in [-0.05, 0) is 25.0 Å². The lowest BCUT2D eigenvalue weighted by Crippen LogP contribution is -2.24. The minimum atomic E-state index is -0.362. The van der Waals surface area contributed by atoms with Crippen molar-refractivity contribution in [2.75, 3.05) is 0 Å². The topological polar surface area (TPSA) is 72.5 Å². The van der Waals surface area contributed by atoms with Gasteiger partial charge in [-0.2, -0.15) is 0 Å². The van der Waals surface area contributed by atoms with Crippen molar-refractivity contribution in [1.29, 1.82) is 0 Å². The maximum absolute atomic E-state index is 11.7. The van der Waals surface area contributed by atoms with Gasteiger partial charge in [-0.1, -0.05) is 38.1 Å². The molecule has 132 valence electrons. The van der Waals surface area contributed by atoms with E-state index in [4.69, 9.17) is 4.74 Å². The normalized spacial score (nSPS) is 10.8. The van der Waals surface area contributed by atoms with Gasteiger partial charge in [0.15, 0.2) is 0 Å². The van der Waals surface area contributed by atoms with Gasteiger partial charge in [-0.3, -0.25) is 14.4 Å². The number of amides is 1. The highest BCUT2D eigenvalue weighted by atomic mass is 16.5. The van der Waals surface area contributed by atoms with Crippen molar-refractivity contribution in [3.63, 3.8) is 0 Å². The summed E-state index contributed by atoms with van der Waals surface area (Å²) in [6.07, 6.45) is 0.469. The Hall–Kier alpha value is -2.17. The first-order valence-electron chi connectivity index (χ1n) is 8.34. The molecule has 24 heavy (non-hydrogen) atoms. The van der Waals surface area contributed by atoms with E-state index in [1.54, 1.807) is 13.8 Å². The summed E-state index contributed by atoms with van der Waals surface area (Å²) in [5, 5.41) is 2.77. The van der Waals surface area contributed by atoms with Crippen LogP contribution in [0.3, 0.4) is 0 Å². The molecule has 0 aliphatic heterocycles. The van der Waals surface area contributed by atoms with Crippen molar-refractivity contribution >= 4 is 17.7 Å². The summed E-state index contributed by atoms with van der Waals surface area (Å²) in [5.41, 5.74) is 1.93. The molecule has 0 aliphatic rings. The Kier molecular flexibility index (Phi) is 8.16. The van der Waals surface area contributed by atoms with E-state index in [1.807, 2.05) is 38.1 Å². The first-order valence-corrected chi connectivity index (χ1v) is 8.34. The highest BCUT2D eigenvalue weighted by Gasteiger charge is 2.10. The molecule has 0 aliphatic carbocycles. The number of carbonyl (C=O) groups excluding carboxylic acids is 3. The average molecular weight is 333 g/mol. The van der Waals surface area contributed by atoms with Crippen LogP contribution in [0.5, 0.6) is 0 Å². The van der Waals surface area contributed by atoms with Gasteiger partial charge in [-0.15, -0.1) is 0 Å². The Morgan fingerprint density at radius 1 is 0.958 bits per heavy atom. The summed E-state index contributed by atoms with van der Waals surface area (Å²) in [7, 11) is 0. The summed E-state index contributed by atoms with van der Waals surface area (Å²) < 4.78 is 4.98. The van der Waals surface area contributed by atoms with E-state index in [9.17, 15) is 14.4 Å². The highest BCUT2D eigenvalue weighted by molar-refractivity contribution is 5.82. The maximum atomic E-state index is 11.7. The van der Waals surface area contributed by atoms with E-state index in [0.29, 0.717) is 13.0 Å². The van der Waals surface area contributed by atoms with Crippen LogP contribution in [0.4, 0.5) is 0 Å². The highest BCUT2D eigenvalue weighted by Crippen LogP contribution is 2.08. The van der Waals surface area contributed by atoms with Crippen LogP contribution in [-0.4, -0.2) is 23.8 Å². The zero-order chi connectivity index (χ0) is 18.1. The van der Waals surface area contributed by atoms with Gasteiger partial charge in [0.1, 0.15) is 5.78 Å². The molecule has 1 aromatic rings. The second kappa shape index (κ2) is 9.85. The molecule has 0 radical (unpaired) electrons. The lowest BCUT2D eigenvalue weighted by Gasteiger charge is -2.09. The number of rotatable bonds is 9. The van der Waals surface area contributed by atoms with Gasteiger partial charge >= 0.3 is 5.97 Å².